The van der Waals surface area contributed by atoms with Crippen molar-refractivity contribution in [3.63, 3.8) is 0 Å². The van der Waals surface area contributed by atoms with Crippen molar-refractivity contribution in [2.24, 2.45) is 0 Å². The average Bonchev–Trinajstić information content (AvgIpc) is 2.48. The number of rotatable bonds is 4. The highest BCUT2D eigenvalue weighted by molar-refractivity contribution is 9.10. The summed E-state index contributed by atoms with van der Waals surface area (Å²) in [4.78, 5) is 23.2. The van der Waals surface area contributed by atoms with Gasteiger partial charge < -0.3 is 14.9 Å². The van der Waals surface area contributed by atoms with Crippen LogP contribution in [0.15, 0.2) is 15.5 Å². The molecule has 1 aliphatic rings. The molecule has 0 unspecified atom stereocenters. The molecule has 8 nitrogen and oxygen atoms in total. The predicted octanol–water partition coefficient (Wildman–Crippen LogP) is -0.162. The van der Waals surface area contributed by atoms with E-state index in [-0.39, 0.29) is 6.54 Å². The third kappa shape index (κ3) is 3.56. The van der Waals surface area contributed by atoms with Gasteiger partial charge in [0.15, 0.2) is 0 Å². The molecule has 1 aromatic rings. The highest BCUT2D eigenvalue weighted by Gasteiger charge is 2.15. The van der Waals surface area contributed by atoms with Crippen LogP contribution in [0.25, 0.3) is 0 Å². The van der Waals surface area contributed by atoms with Crippen molar-refractivity contribution in [3.8, 4) is 0 Å². The van der Waals surface area contributed by atoms with Crippen molar-refractivity contribution in [1.82, 2.24) is 14.8 Å². The van der Waals surface area contributed by atoms with Gasteiger partial charge in [0.25, 0.3) is 5.56 Å². The third-order valence-electron chi connectivity index (χ3n) is 2.78. The van der Waals surface area contributed by atoms with Crippen molar-refractivity contribution in [3.05, 3.63) is 21.0 Å². The zero-order chi connectivity index (χ0) is 14.5. The van der Waals surface area contributed by atoms with Crippen LogP contribution < -0.4 is 11.0 Å². The Kier molecular flexibility index (Phi) is 5.10. The fourth-order valence-electron chi connectivity index (χ4n) is 1.69. The number of hydrazine groups is 1. The number of halogens is 1. The SMILES string of the molecule is COC(=O)Cn1ncc(NN2CCOCC2)c(Br)c1=O. The number of carbonyl (C=O) groups is 1. The summed E-state index contributed by atoms with van der Waals surface area (Å²) in [6.45, 7) is 2.50. The topological polar surface area (TPSA) is 85.7 Å². The number of hydrogen-bond donors (Lipinski definition) is 1. The quantitative estimate of drug-likeness (QED) is 0.758. The molecule has 0 radical (unpaired) electrons. The van der Waals surface area contributed by atoms with Crippen molar-refractivity contribution >= 4 is 27.6 Å². The summed E-state index contributed by atoms with van der Waals surface area (Å²) in [5.41, 5.74) is 3.26. The smallest absolute Gasteiger partial charge is 0.327 e. The maximum atomic E-state index is 12.0. The molecule has 2 heterocycles. The van der Waals surface area contributed by atoms with Crippen LogP contribution in [0.1, 0.15) is 0 Å². The van der Waals surface area contributed by atoms with Gasteiger partial charge in [-0.15, -0.1) is 0 Å². The first-order chi connectivity index (χ1) is 9.61. The van der Waals surface area contributed by atoms with Crippen LogP contribution in [0.5, 0.6) is 0 Å². The van der Waals surface area contributed by atoms with Crippen LogP contribution in [-0.2, 0) is 20.8 Å². The number of methoxy groups -OCH3 is 1. The predicted molar refractivity (Wildman–Crippen MR) is 74.2 cm³/mol. The highest BCUT2D eigenvalue weighted by atomic mass is 79.9. The lowest BCUT2D eigenvalue weighted by Gasteiger charge is -2.28. The Morgan fingerprint density at radius 3 is 2.90 bits per heavy atom. The van der Waals surface area contributed by atoms with E-state index < -0.39 is 11.5 Å². The molecule has 0 saturated carbocycles. The molecule has 0 aromatic carbocycles. The number of nitrogens with one attached hydrogen (secondary N) is 1. The fourth-order valence-corrected chi connectivity index (χ4v) is 2.08. The van der Waals surface area contributed by atoms with Gasteiger partial charge in [-0.2, -0.15) is 5.10 Å². The first-order valence-electron chi connectivity index (χ1n) is 6.03. The van der Waals surface area contributed by atoms with Crippen LogP contribution >= 0.6 is 15.9 Å². The summed E-state index contributed by atoms with van der Waals surface area (Å²) < 4.78 is 11.1. The van der Waals surface area contributed by atoms with E-state index in [4.69, 9.17) is 4.74 Å². The largest absolute Gasteiger partial charge is 0.468 e. The fraction of sp³-hybridized carbons (Fsp3) is 0.545. The van der Waals surface area contributed by atoms with E-state index in [9.17, 15) is 9.59 Å². The number of morpholine rings is 1. The van der Waals surface area contributed by atoms with Crippen LogP contribution in [-0.4, -0.2) is 54.2 Å². The number of aromatic nitrogens is 2. The first kappa shape index (κ1) is 14.9. The van der Waals surface area contributed by atoms with Crippen LogP contribution in [0.4, 0.5) is 5.69 Å². The summed E-state index contributed by atoms with van der Waals surface area (Å²) >= 11 is 3.22. The summed E-state index contributed by atoms with van der Waals surface area (Å²) in [5.74, 6) is -0.527. The molecule has 0 atom stereocenters. The Labute approximate surface area is 123 Å². The van der Waals surface area contributed by atoms with E-state index in [1.165, 1.54) is 13.3 Å². The molecule has 2 rings (SSSR count). The summed E-state index contributed by atoms with van der Waals surface area (Å²) in [6, 6.07) is 0. The number of nitrogens with zero attached hydrogens (tertiary/aromatic N) is 3. The molecular weight excluding hydrogens is 332 g/mol. The van der Waals surface area contributed by atoms with Gasteiger partial charge in [0.05, 0.1) is 32.2 Å². The maximum absolute atomic E-state index is 12.0. The standard InChI is InChI=1S/C11H15BrN4O4/c1-19-9(17)7-16-11(18)10(12)8(6-13-16)14-15-2-4-20-5-3-15/h6,14H,2-5,7H2,1H3. The zero-order valence-electron chi connectivity index (χ0n) is 11.0. The minimum absolute atomic E-state index is 0.217. The number of anilines is 1. The zero-order valence-corrected chi connectivity index (χ0v) is 12.6. The molecule has 0 amide bonds. The van der Waals surface area contributed by atoms with E-state index in [2.05, 4.69) is 31.2 Å². The van der Waals surface area contributed by atoms with Gasteiger partial charge in [-0.3, -0.25) is 9.59 Å². The lowest BCUT2D eigenvalue weighted by molar-refractivity contribution is -0.141. The van der Waals surface area contributed by atoms with E-state index in [1.807, 2.05) is 5.01 Å². The molecule has 1 saturated heterocycles. The summed E-state index contributed by atoms with van der Waals surface area (Å²) in [5, 5.41) is 5.89. The third-order valence-corrected chi connectivity index (χ3v) is 3.55. The van der Waals surface area contributed by atoms with Crippen molar-refractivity contribution in [2.45, 2.75) is 6.54 Å². The Bertz CT molecular complexity index is 542. The van der Waals surface area contributed by atoms with Gasteiger partial charge in [0, 0.05) is 13.1 Å². The molecule has 0 spiro atoms. The lowest BCUT2D eigenvalue weighted by atomic mass is 10.4. The molecule has 0 aliphatic carbocycles. The van der Waals surface area contributed by atoms with E-state index in [0.717, 1.165) is 17.8 Å². The van der Waals surface area contributed by atoms with E-state index in [1.54, 1.807) is 0 Å². The number of ether oxygens (including phenoxy) is 2. The Morgan fingerprint density at radius 1 is 1.55 bits per heavy atom. The van der Waals surface area contributed by atoms with Crippen molar-refractivity contribution in [1.29, 1.82) is 0 Å². The molecule has 1 fully saturated rings. The van der Waals surface area contributed by atoms with Gasteiger partial charge in [0.1, 0.15) is 11.0 Å². The lowest BCUT2D eigenvalue weighted by Crippen LogP contribution is -2.41. The normalized spacial score (nSPS) is 15.9. The van der Waals surface area contributed by atoms with Crippen LogP contribution in [0.2, 0.25) is 0 Å². The van der Waals surface area contributed by atoms with Crippen LogP contribution in [0.3, 0.4) is 0 Å². The molecule has 110 valence electrons. The molecule has 9 heteroatoms. The Balaban J connectivity index is 2.13. The molecule has 1 aromatic heterocycles. The summed E-state index contributed by atoms with van der Waals surface area (Å²) in [6.07, 6.45) is 1.49. The first-order valence-corrected chi connectivity index (χ1v) is 6.83. The average molecular weight is 347 g/mol. The van der Waals surface area contributed by atoms with Crippen molar-refractivity contribution in [2.75, 3.05) is 38.8 Å². The van der Waals surface area contributed by atoms with Gasteiger partial charge >= 0.3 is 5.97 Å². The Hall–Kier alpha value is -1.45. The van der Waals surface area contributed by atoms with Gasteiger partial charge in [0.2, 0.25) is 0 Å². The molecule has 20 heavy (non-hydrogen) atoms. The second kappa shape index (κ2) is 6.82. The number of carbonyl (C=O) groups excluding carboxylic acids is 1. The molecule has 0 bridgehead atoms. The number of esters is 1. The molecule has 1 aliphatic heterocycles. The van der Waals surface area contributed by atoms with E-state index in [0.29, 0.717) is 23.4 Å². The van der Waals surface area contributed by atoms with Gasteiger partial charge in [-0.25, -0.2) is 9.69 Å². The second-order valence-corrected chi connectivity index (χ2v) is 4.92. The van der Waals surface area contributed by atoms with E-state index >= 15 is 0 Å². The minimum Gasteiger partial charge on any atom is -0.468 e. The number of hydrogen-bond acceptors (Lipinski definition) is 7. The summed E-state index contributed by atoms with van der Waals surface area (Å²) in [7, 11) is 1.26. The van der Waals surface area contributed by atoms with Gasteiger partial charge in [-0.1, -0.05) is 0 Å². The highest BCUT2D eigenvalue weighted by Crippen LogP contribution is 2.17. The molecule has 1 N–H and O–H groups in total. The van der Waals surface area contributed by atoms with Crippen molar-refractivity contribution < 1.29 is 14.3 Å². The monoisotopic (exact) mass is 346 g/mol. The van der Waals surface area contributed by atoms with Crippen LogP contribution in [0, 0.1) is 0 Å². The Morgan fingerprint density at radius 2 is 2.25 bits per heavy atom. The van der Waals surface area contributed by atoms with Gasteiger partial charge in [-0.05, 0) is 15.9 Å². The molecular formula is C11H15BrN4O4. The second-order valence-electron chi connectivity index (χ2n) is 4.12. The maximum Gasteiger partial charge on any atom is 0.327 e. The minimum atomic E-state index is -0.527.